The Balaban J connectivity index is 1.73. The van der Waals surface area contributed by atoms with Gasteiger partial charge in [0.1, 0.15) is 11.6 Å². The third-order valence-corrected chi connectivity index (χ3v) is 5.23. The molecule has 0 fully saturated rings. The number of benzene rings is 2. The van der Waals surface area contributed by atoms with Crippen LogP contribution in [0.15, 0.2) is 47.6 Å². The summed E-state index contributed by atoms with van der Waals surface area (Å²) in [5.74, 6) is 0.0174. The molecule has 1 aliphatic rings. The number of allylic oxidation sites excluding steroid dienone is 1. The summed E-state index contributed by atoms with van der Waals surface area (Å²) >= 11 is 0. The van der Waals surface area contributed by atoms with Gasteiger partial charge < -0.3 is 9.64 Å². The van der Waals surface area contributed by atoms with Crippen LogP contribution in [0.1, 0.15) is 37.5 Å². The summed E-state index contributed by atoms with van der Waals surface area (Å²) in [6.45, 7) is 6.19. The van der Waals surface area contributed by atoms with Gasteiger partial charge in [-0.15, -0.1) is 0 Å². The first-order valence-corrected chi connectivity index (χ1v) is 9.43. The fraction of sp³-hybridized carbons (Fsp3) is 0.304. The van der Waals surface area contributed by atoms with Crippen LogP contribution in [0.2, 0.25) is 0 Å². The topological polar surface area (TPSA) is 53.9 Å². The first kappa shape index (κ1) is 20.6. The SMILES string of the molecule is COc1cccc(CC(=O)N/N=C/c2cc3c(cc2F)N(C)C(C)(C)C=C3C)c1. The van der Waals surface area contributed by atoms with E-state index in [4.69, 9.17) is 4.74 Å². The molecule has 6 heteroatoms. The van der Waals surface area contributed by atoms with Crippen LogP contribution in [0, 0.1) is 5.82 Å². The highest BCUT2D eigenvalue weighted by atomic mass is 19.1. The van der Waals surface area contributed by atoms with Gasteiger partial charge >= 0.3 is 0 Å². The lowest BCUT2D eigenvalue weighted by Gasteiger charge is -2.40. The van der Waals surface area contributed by atoms with Crippen LogP contribution in [-0.2, 0) is 11.2 Å². The Labute approximate surface area is 170 Å². The third kappa shape index (κ3) is 4.47. The fourth-order valence-electron chi connectivity index (χ4n) is 3.47. The summed E-state index contributed by atoms with van der Waals surface area (Å²) in [7, 11) is 3.53. The molecule has 0 atom stereocenters. The average molecular weight is 395 g/mol. The Morgan fingerprint density at radius 3 is 2.79 bits per heavy atom. The van der Waals surface area contributed by atoms with E-state index < -0.39 is 0 Å². The molecule has 29 heavy (non-hydrogen) atoms. The van der Waals surface area contributed by atoms with Gasteiger partial charge in [-0.1, -0.05) is 18.2 Å². The first-order valence-electron chi connectivity index (χ1n) is 9.43. The zero-order valence-corrected chi connectivity index (χ0v) is 17.4. The van der Waals surface area contributed by atoms with Gasteiger partial charge in [-0.2, -0.15) is 5.10 Å². The van der Waals surface area contributed by atoms with Crippen LogP contribution in [0.5, 0.6) is 5.75 Å². The first-order chi connectivity index (χ1) is 13.7. The van der Waals surface area contributed by atoms with Crippen molar-refractivity contribution >= 4 is 23.4 Å². The van der Waals surface area contributed by atoms with Crippen molar-refractivity contribution in [2.45, 2.75) is 32.7 Å². The maximum Gasteiger partial charge on any atom is 0.244 e. The molecule has 0 aromatic heterocycles. The number of nitrogens with zero attached hydrogens (tertiary/aromatic N) is 2. The predicted octanol–water partition coefficient (Wildman–Crippen LogP) is 4.16. The van der Waals surface area contributed by atoms with Crippen LogP contribution in [0.4, 0.5) is 10.1 Å². The van der Waals surface area contributed by atoms with Crippen LogP contribution >= 0.6 is 0 Å². The number of hydrazone groups is 1. The Kier molecular flexibility index (Phi) is 5.73. The van der Waals surface area contributed by atoms with Gasteiger partial charge in [0.15, 0.2) is 0 Å². The quantitative estimate of drug-likeness (QED) is 0.611. The molecule has 2 aromatic rings. The number of carbonyl (C=O) groups excluding carboxylic acids is 1. The molecule has 3 rings (SSSR count). The standard InChI is InChI=1S/C23H26FN3O2/c1-15-13-23(2,3)27(4)21-12-20(24)17(11-19(15)21)14-25-26-22(28)10-16-7-6-8-18(9-16)29-5/h6-9,11-14H,10H2,1-5H3,(H,26,28)/b25-14+. The normalized spacial score (nSPS) is 15.1. The molecular formula is C23H26FN3O2. The van der Waals surface area contributed by atoms with Crippen molar-refractivity contribution in [3.05, 3.63) is 65.0 Å². The number of hydrogen-bond acceptors (Lipinski definition) is 4. The minimum atomic E-state index is -0.383. The van der Waals surface area contributed by atoms with Crippen molar-refractivity contribution in [3.63, 3.8) is 0 Å². The van der Waals surface area contributed by atoms with Gasteiger partial charge in [0.2, 0.25) is 5.91 Å². The van der Waals surface area contributed by atoms with Crippen molar-refractivity contribution in [2.75, 3.05) is 19.1 Å². The van der Waals surface area contributed by atoms with Crippen molar-refractivity contribution in [3.8, 4) is 5.75 Å². The number of hydrogen-bond donors (Lipinski definition) is 1. The summed E-state index contributed by atoms with van der Waals surface area (Å²) < 4.78 is 19.8. The number of methoxy groups -OCH3 is 1. The van der Waals surface area contributed by atoms with E-state index in [2.05, 4.69) is 35.4 Å². The molecule has 152 valence electrons. The highest BCUT2D eigenvalue weighted by Crippen LogP contribution is 2.38. The second-order valence-corrected chi connectivity index (χ2v) is 7.75. The van der Waals surface area contributed by atoms with Gasteiger partial charge in [-0.25, -0.2) is 9.82 Å². The Hall–Kier alpha value is -3.15. The molecule has 1 heterocycles. The van der Waals surface area contributed by atoms with E-state index in [1.54, 1.807) is 19.2 Å². The zero-order valence-electron chi connectivity index (χ0n) is 17.4. The van der Waals surface area contributed by atoms with Gasteiger partial charge in [-0.3, -0.25) is 4.79 Å². The van der Waals surface area contributed by atoms with E-state index in [1.165, 1.54) is 12.3 Å². The second-order valence-electron chi connectivity index (χ2n) is 7.75. The largest absolute Gasteiger partial charge is 0.497 e. The molecular weight excluding hydrogens is 369 g/mol. The van der Waals surface area contributed by atoms with E-state index in [-0.39, 0.29) is 23.7 Å². The number of anilines is 1. The van der Waals surface area contributed by atoms with Gasteiger partial charge in [0, 0.05) is 23.9 Å². The lowest BCUT2D eigenvalue weighted by atomic mass is 9.88. The number of likely N-dealkylation sites (N-methyl/N-ethyl adjacent to an activating group) is 1. The number of rotatable bonds is 5. The van der Waals surface area contributed by atoms with E-state index >= 15 is 0 Å². The molecule has 2 aromatic carbocycles. The van der Waals surface area contributed by atoms with Gasteiger partial charge in [-0.05, 0) is 56.2 Å². The third-order valence-electron chi connectivity index (χ3n) is 5.23. The van der Waals surface area contributed by atoms with Gasteiger partial charge in [0.25, 0.3) is 0 Å². The Morgan fingerprint density at radius 1 is 1.31 bits per heavy atom. The van der Waals surface area contributed by atoms with Crippen LogP contribution in [-0.4, -0.2) is 31.8 Å². The number of halogens is 1. The average Bonchev–Trinajstić information content (AvgIpc) is 2.67. The van der Waals surface area contributed by atoms with E-state index in [9.17, 15) is 9.18 Å². The molecule has 5 nitrogen and oxygen atoms in total. The smallest absolute Gasteiger partial charge is 0.244 e. The summed E-state index contributed by atoms with van der Waals surface area (Å²) in [6, 6.07) is 10.5. The minimum Gasteiger partial charge on any atom is -0.497 e. The molecule has 0 radical (unpaired) electrons. The predicted molar refractivity (Wildman–Crippen MR) is 115 cm³/mol. The lowest BCUT2D eigenvalue weighted by Crippen LogP contribution is -2.42. The number of amides is 1. The maximum absolute atomic E-state index is 14.6. The molecule has 0 bridgehead atoms. The summed E-state index contributed by atoms with van der Waals surface area (Å²) in [4.78, 5) is 14.2. The number of nitrogens with one attached hydrogen (secondary N) is 1. The minimum absolute atomic E-state index is 0.156. The molecule has 1 amide bonds. The maximum atomic E-state index is 14.6. The molecule has 0 unspecified atom stereocenters. The second kappa shape index (κ2) is 8.07. The zero-order chi connectivity index (χ0) is 21.2. The molecule has 0 saturated carbocycles. The number of ether oxygens (including phenoxy) is 1. The van der Waals surface area contributed by atoms with Crippen LogP contribution in [0.25, 0.3) is 5.57 Å². The summed E-state index contributed by atoms with van der Waals surface area (Å²) in [5, 5.41) is 3.93. The van der Waals surface area contributed by atoms with E-state index in [1.807, 2.05) is 32.2 Å². The summed E-state index contributed by atoms with van der Waals surface area (Å²) in [6.07, 6.45) is 3.65. The molecule has 0 spiro atoms. The molecule has 1 aliphatic heterocycles. The van der Waals surface area contributed by atoms with E-state index in [0.717, 1.165) is 22.4 Å². The Bertz CT molecular complexity index is 996. The highest BCUT2D eigenvalue weighted by Gasteiger charge is 2.29. The molecule has 0 saturated heterocycles. The van der Waals surface area contributed by atoms with Crippen LogP contribution in [0.3, 0.4) is 0 Å². The number of fused-ring (bicyclic) bond motifs is 1. The van der Waals surface area contributed by atoms with E-state index in [0.29, 0.717) is 11.3 Å². The monoisotopic (exact) mass is 395 g/mol. The molecule has 1 N–H and O–H groups in total. The molecule has 0 aliphatic carbocycles. The van der Waals surface area contributed by atoms with Crippen LogP contribution < -0.4 is 15.1 Å². The van der Waals surface area contributed by atoms with Crippen molar-refractivity contribution in [1.29, 1.82) is 0 Å². The van der Waals surface area contributed by atoms with Crippen molar-refractivity contribution in [1.82, 2.24) is 5.43 Å². The number of carbonyl (C=O) groups is 1. The highest BCUT2D eigenvalue weighted by molar-refractivity contribution is 5.89. The summed E-state index contributed by atoms with van der Waals surface area (Å²) in [5.41, 5.74) is 6.28. The van der Waals surface area contributed by atoms with Gasteiger partial charge in [0.05, 0.1) is 25.3 Å². The van der Waals surface area contributed by atoms with Crippen molar-refractivity contribution < 1.29 is 13.9 Å². The fourth-order valence-corrected chi connectivity index (χ4v) is 3.47. The Morgan fingerprint density at radius 2 is 2.07 bits per heavy atom. The lowest BCUT2D eigenvalue weighted by molar-refractivity contribution is -0.120. The van der Waals surface area contributed by atoms with Crippen molar-refractivity contribution in [2.24, 2.45) is 5.10 Å².